The highest BCUT2D eigenvalue weighted by Gasteiger charge is 1.96. The van der Waals surface area contributed by atoms with E-state index in [4.69, 9.17) is 4.74 Å². The topological polar surface area (TPSA) is 26.3 Å². The molecule has 0 aliphatic rings. The van der Waals surface area contributed by atoms with Crippen LogP contribution in [0.3, 0.4) is 0 Å². The van der Waals surface area contributed by atoms with Gasteiger partial charge in [0, 0.05) is 0 Å². The Balaban J connectivity index is 3.70. The standard InChI is InChI=1S/C12H19BrO2/c1-10(2)5-4-6-11(3)7-8-15-12(14)9-13/h5,7H,4,6,8-9H2,1-3H3/b11-7+. The van der Waals surface area contributed by atoms with Crippen LogP contribution in [0.2, 0.25) is 0 Å². The Bertz CT molecular complexity index is 250. The molecule has 0 aromatic carbocycles. The van der Waals surface area contributed by atoms with Gasteiger partial charge in [-0.1, -0.05) is 33.2 Å². The summed E-state index contributed by atoms with van der Waals surface area (Å²) in [5, 5.41) is 0.262. The summed E-state index contributed by atoms with van der Waals surface area (Å²) in [6, 6.07) is 0. The molecule has 0 amide bonds. The number of rotatable bonds is 6. The SMILES string of the molecule is CC(C)=CCC/C(C)=C/COC(=O)CBr. The quantitative estimate of drug-likeness (QED) is 0.420. The van der Waals surface area contributed by atoms with Crippen LogP contribution in [-0.4, -0.2) is 17.9 Å². The van der Waals surface area contributed by atoms with Gasteiger partial charge in [0.15, 0.2) is 0 Å². The highest BCUT2D eigenvalue weighted by atomic mass is 79.9. The van der Waals surface area contributed by atoms with Crippen LogP contribution >= 0.6 is 15.9 Å². The van der Waals surface area contributed by atoms with Crippen LogP contribution in [0.4, 0.5) is 0 Å². The summed E-state index contributed by atoms with van der Waals surface area (Å²) in [5.41, 5.74) is 2.60. The molecule has 0 heterocycles. The number of hydrogen-bond acceptors (Lipinski definition) is 2. The first-order valence-corrected chi connectivity index (χ1v) is 6.19. The number of esters is 1. The first-order valence-electron chi connectivity index (χ1n) is 5.07. The molecule has 0 aromatic rings. The van der Waals surface area contributed by atoms with Crippen LogP contribution in [-0.2, 0) is 9.53 Å². The van der Waals surface area contributed by atoms with Gasteiger partial charge >= 0.3 is 5.97 Å². The van der Waals surface area contributed by atoms with Gasteiger partial charge in [0.2, 0.25) is 0 Å². The van der Waals surface area contributed by atoms with E-state index in [9.17, 15) is 4.79 Å². The zero-order chi connectivity index (χ0) is 11.7. The molecule has 0 radical (unpaired) electrons. The summed E-state index contributed by atoms with van der Waals surface area (Å²) in [6.07, 6.45) is 6.25. The first-order chi connectivity index (χ1) is 7.06. The molecule has 0 spiro atoms. The summed E-state index contributed by atoms with van der Waals surface area (Å²) < 4.78 is 4.91. The molecule has 3 heteroatoms. The lowest BCUT2D eigenvalue weighted by Gasteiger charge is -2.01. The maximum absolute atomic E-state index is 10.8. The average Bonchev–Trinajstić information content (AvgIpc) is 2.17. The molecule has 2 nitrogen and oxygen atoms in total. The van der Waals surface area contributed by atoms with Crippen LogP contribution in [0.15, 0.2) is 23.3 Å². The largest absolute Gasteiger partial charge is 0.461 e. The predicted molar refractivity (Wildman–Crippen MR) is 67.2 cm³/mol. The Hall–Kier alpha value is -0.570. The third-order valence-electron chi connectivity index (χ3n) is 1.88. The van der Waals surface area contributed by atoms with E-state index in [0.29, 0.717) is 6.61 Å². The number of alkyl halides is 1. The van der Waals surface area contributed by atoms with E-state index in [1.54, 1.807) is 0 Å². The predicted octanol–water partition coefficient (Wildman–Crippen LogP) is 3.62. The Morgan fingerprint density at radius 3 is 2.47 bits per heavy atom. The second-order valence-corrected chi connectivity index (χ2v) is 4.25. The maximum atomic E-state index is 10.8. The Morgan fingerprint density at radius 1 is 1.27 bits per heavy atom. The minimum Gasteiger partial charge on any atom is -0.461 e. The molecular formula is C12H19BrO2. The van der Waals surface area contributed by atoms with Crippen LogP contribution in [0, 0.1) is 0 Å². The monoisotopic (exact) mass is 274 g/mol. The summed E-state index contributed by atoms with van der Waals surface area (Å²) in [5.74, 6) is -0.219. The van der Waals surface area contributed by atoms with E-state index in [2.05, 4.69) is 42.8 Å². The molecule has 0 bridgehead atoms. The molecule has 0 aromatic heterocycles. The van der Waals surface area contributed by atoms with Crippen molar-refractivity contribution in [2.75, 3.05) is 11.9 Å². The van der Waals surface area contributed by atoms with Crippen LogP contribution in [0.25, 0.3) is 0 Å². The van der Waals surface area contributed by atoms with Crippen molar-refractivity contribution in [3.63, 3.8) is 0 Å². The minimum absolute atomic E-state index is 0.219. The molecular weight excluding hydrogens is 256 g/mol. The van der Waals surface area contributed by atoms with Gasteiger partial charge in [-0.15, -0.1) is 0 Å². The fourth-order valence-electron chi connectivity index (χ4n) is 1.01. The normalized spacial score (nSPS) is 11.1. The van der Waals surface area contributed by atoms with Gasteiger partial charge in [-0.2, -0.15) is 0 Å². The van der Waals surface area contributed by atoms with E-state index in [-0.39, 0.29) is 11.3 Å². The zero-order valence-electron chi connectivity index (χ0n) is 9.68. The first kappa shape index (κ1) is 14.4. The average molecular weight is 275 g/mol. The molecule has 0 unspecified atom stereocenters. The lowest BCUT2D eigenvalue weighted by Crippen LogP contribution is -2.05. The smallest absolute Gasteiger partial charge is 0.316 e. The van der Waals surface area contributed by atoms with Crippen molar-refractivity contribution in [3.05, 3.63) is 23.3 Å². The van der Waals surface area contributed by atoms with Gasteiger partial charge in [-0.3, -0.25) is 4.79 Å². The van der Waals surface area contributed by atoms with Gasteiger partial charge in [0.25, 0.3) is 0 Å². The Morgan fingerprint density at radius 2 is 1.93 bits per heavy atom. The van der Waals surface area contributed by atoms with Crippen molar-refractivity contribution in [1.29, 1.82) is 0 Å². The van der Waals surface area contributed by atoms with Crippen LogP contribution in [0.1, 0.15) is 33.6 Å². The number of halogens is 1. The third kappa shape index (κ3) is 9.73. The van der Waals surface area contributed by atoms with Crippen molar-refractivity contribution in [2.45, 2.75) is 33.6 Å². The zero-order valence-corrected chi connectivity index (χ0v) is 11.3. The minimum atomic E-state index is -0.219. The number of ether oxygens (including phenoxy) is 1. The summed E-state index contributed by atoms with van der Waals surface area (Å²) in [7, 11) is 0. The van der Waals surface area contributed by atoms with E-state index in [1.807, 2.05) is 6.08 Å². The molecule has 86 valence electrons. The molecule has 0 saturated carbocycles. The van der Waals surface area contributed by atoms with Gasteiger partial charge in [0.05, 0.1) is 0 Å². The van der Waals surface area contributed by atoms with E-state index < -0.39 is 0 Å². The molecule has 15 heavy (non-hydrogen) atoms. The van der Waals surface area contributed by atoms with E-state index in [1.165, 1.54) is 11.1 Å². The van der Waals surface area contributed by atoms with Crippen molar-refractivity contribution < 1.29 is 9.53 Å². The number of hydrogen-bond donors (Lipinski definition) is 0. The van der Waals surface area contributed by atoms with Crippen LogP contribution < -0.4 is 0 Å². The summed E-state index contributed by atoms with van der Waals surface area (Å²) in [4.78, 5) is 10.8. The van der Waals surface area contributed by atoms with Gasteiger partial charge in [0.1, 0.15) is 11.9 Å². The fraction of sp³-hybridized carbons (Fsp3) is 0.583. The lowest BCUT2D eigenvalue weighted by atomic mass is 10.1. The fourth-order valence-corrected chi connectivity index (χ4v) is 1.17. The number of allylic oxidation sites excluding steroid dienone is 3. The molecule has 0 saturated heterocycles. The Kier molecular flexibility index (Phi) is 8.38. The summed E-state index contributed by atoms with van der Waals surface area (Å²) >= 11 is 3.04. The Labute approximate surface area is 101 Å². The van der Waals surface area contributed by atoms with Crippen LogP contribution in [0.5, 0.6) is 0 Å². The highest BCUT2D eigenvalue weighted by Crippen LogP contribution is 2.06. The highest BCUT2D eigenvalue weighted by molar-refractivity contribution is 9.09. The van der Waals surface area contributed by atoms with Crippen molar-refractivity contribution in [2.24, 2.45) is 0 Å². The number of carbonyl (C=O) groups excluding carboxylic acids is 1. The van der Waals surface area contributed by atoms with Crippen molar-refractivity contribution in [1.82, 2.24) is 0 Å². The van der Waals surface area contributed by atoms with Gasteiger partial charge in [-0.05, 0) is 39.7 Å². The second kappa shape index (κ2) is 8.72. The van der Waals surface area contributed by atoms with Crippen molar-refractivity contribution in [3.8, 4) is 0 Å². The summed E-state index contributed by atoms with van der Waals surface area (Å²) in [6.45, 7) is 6.62. The molecule has 0 aliphatic carbocycles. The van der Waals surface area contributed by atoms with Crippen molar-refractivity contribution >= 4 is 21.9 Å². The maximum Gasteiger partial charge on any atom is 0.316 e. The molecule has 0 N–H and O–H groups in total. The molecule has 0 rings (SSSR count). The third-order valence-corrected chi connectivity index (χ3v) is 2.33. The number of carbonyl (C=O) groups is 1. The second-order valence-electron chi connectivity index (χ2n) is 3.69. The lowest BCUT2D eigenvalue weighted by molar-refractivity contribution is -0.139. The molecule has 0 fully saturated rings. The molecule has 0 aliphatic heterocycles. The van der Waals surface area contributed by atoms with Gasteiger partial charge < -0.3 is 4.74 Å². The van der Waals surface area contributed by atoms with E-state index >= 15 is 0 Å². The van der Waals surface area contributed by atoms with Gasteiger partial charge in [-0.25, -0.2) is 0 Å². The molecule has 0 atom stereocenters. The van der Waals surface area contributed by atoms with E-state index in [0.717, 1.165) is 12.8 Å².